The molecule has 6 nitrogen and oxygen atoms in total. The van der Waals surface area contributed by atoms with Crippen molar-refractivity contribution >= 4 is 17.0 Å². The molecule has 2 aliphatic rings. The van der Waals surface area contributed by atoms with Crippen molar-refractivity contribution in [2.45, 2.75) is 25.4 Å². The molecule has 2 saturated heterocycles. The normalized spacial score (nSPS) is 20.2. The largest absolute Gasteiger partial charge is 0.351 e. The molecule has 4 aromatic rings. The molecular formula is C23H20F2N6. The van der Waals surface area contributed by atoms with Gasteiger partial charge in [0.15, 0.2) is 5.65 Å². The summed E-state index contributed by atoms with van der Waals surface area (Å²) in [6, 6.07) is 10.2. The number of fused-ring (bicyclic) bond motifs is 3. The molecule has 2 aliphatic heterocycles. The molecule has 2 atom stereocenters. The quantitative estimate of drug-likeness (QED) is 0.551. The average Bonchev–Trinajstić information content (AvgIpc) is 3.48. The Morgan fingerprint density at radius 2 is 1.90 bits per heavy atom. The van der Waals surface area contributed by atoms with Crippen LogP contribution in [0.5, 0.6) is 0 Å². The van der Waals surface area contributed by atoms with Gasteiger partial charge in [-0.25, -0.2) is 18.7 Å². The number of anilines is 1. The highest BCUT2D eigenvalue weighted by Crippen LogP contribution is 2.34. The maximum Gasteiger partial charge on any atom is 0.167 e. The Labute approximate surface area is 177 Å². The van der Waals surface area contributed by atoms with Crippen LogP contribution in [0.3, 0.4) is 0 Å². The summed E-state index contributed by atoms with van der Waals surface area (Å²) < 4.78 is 30.1. The van der Waals surface area contributed by atoms with Crippen LogP contribution < -0.4 is 10.2 Å². The van der Waals surface area contributed by atoms with Crippen molar-refractivity contribution in [3.05, 3.63) is 66.0 Å². The van der Waals surface area contributed by atoms with Crippen molar-refractivity contribution in [1.82, 2.24) is 24.8 Å². The third-order valence-corrected chi connectivity index (χ3v) is 6.24. The van der Waals surface area contributed by atoms with Gasteiger partial charge in [0.1, 0.15) is 28.8 Å². The summed E-state index contributed by atoms with van der Waals surface area (Å²) in [6.45, 7) is 3.87. The van der Waals surface area contributed by atoms with Crippen LogP contribution >= 0.6 is 0 Å². The zero-order valence-electron chi connectivity index (χ0n) is 16.9. The van der Waals surface area contributed by atoms with Gasteiger partial charge in [0.05, 0.1) is 11.3 Å². The second kappa shape index (κ2) is 6.81. The fourth-order valence-electron chi connectivity index (χ4n) is 4.76. The van der Waals surface area contributed by atoms with Crippen LogP contribution in [0.25, 0.3) is 28.2 Å². The van der Waals surface area contributed by atoms with Crippen molar-refractivity contribution in [3.8, 4) is 17.1 Å². The summed E-state index contributed by atoms with van der Waals surface area (Å²) in [6.07, 6.45) is 4.47. The van der Waals surface area contributed by atoms with Gasteiger partial charge in [0, 0.05) is 43.6 Å². The molecule has 156 valence electrons. The van der Waals surface area contributed by atoms with E-state index >= 15 is 0 Å². The Bertz CT molecular complexity index is 1300. The van der Waals surface area contributed by atoms with Crippen LogP contribution in [0.2, 0.25) is 0 Å². The van der Waals surface area contributed by atoms with Gasteiger partial charge in [-0.05, 0) is 49.2 Å². The fourth-order valence-corrected chi connectivity index (χ4v) is 4.76. The first kappa shape index (κ1) is 18.4. The maximum absolute atomic E-state index is 14.7. The predicted molar refractivity (Wildman–Crippen MR) is 114 cm³/mol. The van der Waals surface area contributed by atoms with Crippen molar-refractivity contribution in [3.63, 3.8) is 0 Å². The van der Waals surface area contributed by atoms with E-state index in [1.807, 2.05) is 23.6 Å². The Morgan fingerprint density at radius 1 is 1.06 bits per heavy atom. The molecule has 0 spiro atoms. The number of rotatable bonds is 3. The highest BCUT2D eigenvalue weighted by Gasteiger charge is 2.38. The highest BCUT2D eigenvalue weighted by atomic mass is 19.1. The lowest BCUT2D eigenvalue weighted by Crippen LogP contribution is -2.44. The molecule has 1 N–H and O–H groups in total. The summed E-state index contributed by atoms with van der Waals surface area (Å²) in [5.41, 5.74) is 3.30. The SMILES string of the molecule is Cc1cc(N2CC3CC2CN3)nc2c1nc(-c1ccc(F)cc1F)n2-c1ccncc1. The smallest absolute Gasteiger partial charge is 0.167 e. The van der Waals surface area contributed by atoms with Crippen LogP contribution in [-0.4, -0.2) is 44.7 Å². The second-order valence-electron chi connectivity index (χ2n) is 8.22. The number of nitrogens with zero attached hydrogens (tertiary/aromatic N) is 5. The molecule has 5 heterocycles. The van der Waals surface area contributed by atoms with Gasteiger partial charge in [-0.3, -0.25) is 9.55 Å². The highest BCUT2D eigenvalue weighted by molar-refractivity contribution is 5.84. The summed E-state index contributed by atoms with van der Waals surface area (Å²) in [5, 5.41) is 3.51. The minimum atomic E-state index is -0.661. The van der Waals surface area contributed by atoms with Crippen molar-refractivity contribution < 1.29 is 8.78 Å². The topological polar surface area (TPSA) is 58.9 Å². The maximum atomic E-state index is 14.7. The summed E-state index contributed by atoms with van der Waals surface area (Å²) in [7, 11) is 0. The number of halogens is 2. The molecule has 2 fully saturated rings. The first-order chi connectivity index (χ1) is 15.1. The van der Waals surface area contributed by atoms with E-state index in [2.05, 4.69) is 21.3 Å². The van der Waals surface area contributed by atoms with Crippen LogP contribution in [0, 0.1) is 18.6 Å². The van der Waals surface area contributed by atoms with E-state index in [-0.39, 0.29) is 5.56 Å². The van der Waals surface area contributed by atoms with Gasteiger partial charge < -0.3 is 10.2 Å². The summed E-state index contributed by atoms with van der Waals surface area (Å²) in [4.78, 5) is 16.2. The molecule has 0 radical (unpaired) electrons. The van der Waals surface area contributed by atoms with Crippen LogP contribution in [0.1, 0.15) is 12.0 Å². The summed E-state index contributed by atoms with van der Waals surface area (Å²) >= 11 is 0. The van der Waals surface area contributed by atoms with E-state index in [1.165, 1.54) is 12.1 Å². The van der Waals surface area contributed by atoms with E-state index in [4.69, 9.17) is 9.97 Å². The molecule has 0 saturated carbocycles. The molecule has 31 heavy (non-hydrogen) atoms. The van der Waals surface area contributed by atoms with Crippen LogP contribution in [-0.2, 0) is 0 Å². The Balaban J connectivity index is 1.61. The minimum absolute atomic E-state index is 0.224. The standard InChI is InChI=1S/C23H20F2N6/c1-13-8-20(30-12-15-10-17(30)11-27-15)28-23-21(13)29-22(18-3-2-14(24)9-19(18)25)31(23)16-4-6-26-7-5-16/h2-9,15,17,27H,10-12H2,1H3. The van der Waals surface area contributed by atoms with E-state index in [1.54, 1.807) is 12.4 Å². The zero-order chi connectivity index (χ0) is 21.1. The van der Waals surface area contributed by atoms with E-state index in [0.29, 0.717) is 29.1 Å². The van der Waals surface area contributed by atoms with Gasteiger partial charge >= 0.3 is 0 Å². The molecule has 2 bridgehead atoms. The van der Waals surface area contributed by atoms with Crippen molar-refractivity contribution in [1.29, 1.82) is 0 Å². The number of aromatic nitrogens is 4. The number of aryl methyl sites for hydroxylation is 1. The number of nitrogens with one attached hydrogen (secondary N) is 1. The number of hydrogen-bond acceptors (Lipinski definition) is 5. The Kier molecular flexibility index (Phi) is 4.04. The van der Waals surface area contributed by atoms with Gasteiger partial charge in [0.25, 0.3) is 0 Å². The van der Waals surface area contributed by atoms with Crippen LogP contribution in [0.15, 0.2) is 48.8 Å². The molecule has 1 aromatic carbocycles. The lowest BCUT2D eigenvalue weighted by Gasteiger charge is -2.28. The van der Waals surface area contributed by atoms with Gasteiger partial charge in [-0.2, -0.15) is 0 Å². The number of pyridine rings is 2. The Morgan fingerprint density at radius 3 is 2.61 bits per heavy atom. The molecule has 8 heteroatoms. The number of piperazine rings is 1. The average molecular weight is 418 g/mol. The van der Waals surface area contributed by atoms with Crippen molar-refractivity contribution in [2.75, 3.05) is 18.0 Å². The fraction of sp³-hybridized carbons (Fsp3) is 0.261. The van der Waals surface area contributed by atoms with Crippen molar-refractivity contribution in [2.24, 2.45) is 0 Å². The van der Waals surface area contributed by atoms with E-state index in [0.717, 1.165) is 42.6 Å². The molecule has 2 unspecified atom stereocenters. The third kappa shape index (κ3) is 2.90. The molecule has 0 aliphatic carbocycles. The van der Waals surface area contributed by atoms with Gasteiger partial charge in [-0.1, -0.05) is 0 Å². The van der Waals surface area contributed by atoms with Gasteiger partial charge in [0.2, 0.25) is 0 Å². The number of benzene rings is 1. The molecule has 6 rings (SSSR count). The summed E-state index contributed by atoms with van der Waals surface area (Å²) in [5.74, 6) is 0.00455. The van der Waals surface area contributed by atoms with Gasteiger partial charge in [-0.15, -0.1) is 0 Å². The first-order valence-electron chi connectivity index (χ1n) is 10.3. The van der Waals surface area contributed by atoms with Crippen LogP contribution in [0.4, 0.5) is 14.6 Å². The second-order valence-corrected chi connectivity index (χ2v) is 8.22. The van der Waals surface area contributed by atoms with E-state index in [9.17, 15) is 8.78 Å². The first-order valence-corrected chi connectivity index (χ1v) is 10.3. The number of imidazole rings is 1. The lowest BCUT2D eigenvalue weighted by molar-refractivity contribution is 0.576. The number of hydrogen-bond donors (Lipinski definition) is 1. The predicted octanol–water partition coefficient (Wildman–Crippen LogP) is 3.62. The zero-order valence-corrected chi connectivity index (χ0v) is 16.9. The monoisotopic (exact) mass is 418 g/mol. The molecular weight excluding hydrogens is 398 g/mol. The van der Waals surface area contributed by atoms with E-state index < -0.39 is 11.6 Å². The third-order valence-electron chi connectivity index (χ3n) is 6.24. The molecule has 0 amide bonds. The Hall–Kier alpha value is -3.39. The minimum Gasteiger partial charge on any atom is -0.351 e. The molecule has 3 aromatic heterocycles. The lowest BCUT2D eigenvalue weighted by atomic mass is 10.2.